The molecule has 1 rings (SSSR count). The summed E-state index contributed by atoms with van der Waals surface area (Å²) in [7, 11) is -3.75. The lowest BCUT2D eigenvalue weighted by atomic mass is 10.2. The molecule has 0 amide bonds. The van der Waals surface area contributed by atoms with E-state index in [-0.39, 0.29) is 17.0 Å². The second-order valence-corrected chi connectivity index (χ2v) is 6.51. The van der Waals surface area contributed by atoms with Crippen LogP contribution in [0.2, 0.25) is 0 Å². The predicted octanol–water partition coefficient (Wildman–Crippen LogP) is 1.73. The van der Waals surface area contributed by atoms with Gasteiger partial charge in [-0.25, -0.2) is 21.9 Å². The Labute approximate surface area is 131 Å². The van der Waals surface area contributed by atoms with Crippen LogP contribution in [0.3, 0.4) is 0 Å². The van der Waals surface area contributed by atoms with Crippen LogP contribution in [0.5, 0.6) is 0 Å². The van der Waals surface area contributed by atoms with Gasteiger partial charge in [-0.1, -0.05) is 12.1 Å². The zero-order valence-electron chi connectivity index (χ0n) is 12.1. The van der Waals surface area contributed by atoms with Gasteiger partial charge < -0.3 is 10.5 Å². The van der Waals surface area contributed by atoms with E-state index in [1.807, 2.05) is 0 Å². The quantitative estimate of drug-likeness (QED) is 0.493. The monoisotopic (exact) mass is 358 g/mol. The van der Waals surface area contributed by atoms with Crippen LogP contribution in [0.1, 0.15) is 12.0 Å². The normalized spacial score (nSPS) is 12.8. The van der Waals surface area contributed by atoms with Gasteiger partial charge in [-0.05, 0) is 30.7 Å². The minimum atomic E-state index is -4.24. The Morgan fingerprint density at radius 1 is 1.30 bits per heavy atom. The predicted molar refractivity (Wildman–Crippen MR) is 75.9 cm³/mol. The molecule has 3 N–H and O–H groups in total. The highest BCUT2D eigenvalue weighted by atomic mass is 32.2. The average Bonchev–Trinajstić information content (AvgIpc) is 2.47. The molecule has 0 saturated carbocycles. The van der Waals surface area contributed by atoms with Crippen LogP contribution in [0.4, 0.5) is 17.6 Å². The first-order chi connectivity index (χ1) is 10.7. The standard InChI is InChI=1S/C13H18F4N2O3S/c14-12(15)13(16,17)9-22-8-10-3-1-4-11(7-10)23(20,21)19-6-2-5-18/h1,3-4,7,12,19H,2,5-6,8-9,18H2. The number of ether oxygens (including phenoxy) is 1. The third-order valence-electron chi connectivity index (χ3n) is 2.76. The van der Waals surface area contributed by atoms with Gasteiger partial charge in [0.2, 0.25) is 10.0 Å². The lowest BCUT2D eigenvalue weighted by molar-refractivity contribution is -0.168. The Kier molecular flexibility index (Phi) is 7.39. The Hall–Kier alpha value is -1.23. The first-order valence-corrected chi connectivity index (χ1v) is 8.20. The summed E-state index contributed by atoms with van der Waals surface area (Å²) in [4.78, 5) is -0.0729. The minimum absolute atomic E-state index is 0.0729. The molecular formula is C13H18F4N2O3S. The third-order valence-corrected chi connectivity index (χ3v) is 4.22. The molecule has 0 saturated heterocycles. The second-order valence-electron chi connectivity index (χ2n) is 4.74. The minimum Gasteiger partial charge on any atom is -0.370 e. The molecule has 0 aliphatic heterocycles. The van der Waals surface area contributed by atoms with Crippen molar-refractivity contribution in [1.29, 1.82) is 0 Å². The van der Waals surface area contributed by atoms with E-state index < -0.39 is 35.6 Å². The van der Waals surface area contributed by atoms with Crippen molar-refractivity contribution < 1.29 is 30.7 Å². The molecule has 0 aliphatic rings. The molecule has 1 aromatic rings. The van der Waals surface area contributed by atoms with Gasteiger partial charge in [0, 0.05) is 6.54 Å². The summed E-state index contributed by atoms with van der Waals surface area (Å²) in [5.41, 5.74) is 5.54. The number of halogens is 4. The highest BCUT2D eigenvalue weighted by molar-refractivity contribution is 7.89. The van der Waals surface area contributed by atoms with Crippen molar-refractivity contribution in [3.05, 3.63) is 29.8 Å². The summed E-state index contributed by atoms with van der Waals surface area (Å²) in [6, 6.07) is 5.40. The largest absolute Gasteiger partial charge is 0.370 e. The van der Waals surface area contributed by atoms with Crippen molar-refractivity contribution in [2.24, 2.45) is 5.73 Å². The van der Waals surface area contributed by atoms with E-state index in [1.54, 1.807) is 0 Å². The molecule has 0 unspecified atom stereocenters. The number of nitrogens with two attached hydrogens (primary N) is 1. The van der Waals surface area contributed by atoms with Gasteiger partial charge in [-0.3, -0.25) is 0 Å². The third kappa shape index (κ3) is 6.42. The summed E-state index contributed by atoms with van der Waals surface area (Å²) in [5.74, 6) is -4.24. The fraction of sp³-hybridized carbons (Fsp3) is 0.538. The first kappa shape index (κ1) is 19.8. The van der Waals surface area contributed by atoms with Gasteiger partial charge in [-0.15, -0.1) is 0 Å². The van der Waals surface area contributed by atoms with Crippen LogP contribution in [0.25, 0.3) is 0 Å². The average molecular weight is 358 g/mol. The SMILES string of the molecule is NCCCNS(=O)(=O)c1cccc(COCC(F)(F)C(F)F)c1. The molecule has 0 aliphatic carbocycles. The molecule has 10 heteroatoms. The maximum absolute atomic E-state index is 12.7. The number of nitrogens with one attached hydrogen (secondary N) is 1. The molecule has 0 fully saturated rings. The van der Waals surface area contributed by atoms with E-state index in [0.717, 1.165) is 0 Å². The Bertz CT molecular complexity index is 597. The van der Waals surface area contributed by atoms with Gasteiger partial charge in [-0.2, -0.15) is 8.78 Å². The summed E-state index contributed by atoms with van der Waals surface area (Å²) in [6.45, 7) is -1.36. The van der Waals surface area contributed by atoms with E-state index in [9.17, 15) is 26.0 Å². The number of benzene rings is 1. The van der Waals surface area contributed by atoms with E-state index >= 15 is 0 Å². The lowest BCUT2D eigenvalue weighted by Gasteiger charge is -2.15. The van der Waals surface area contributed by atoms with Crippen molar-refractivity contribution >= 4 is 10.0 Å². The Balaban J connectivity index is 2.67. The molecule has 1 aromatic carbocycles. The molecule has 0 radical (unpaired) electrons. The molecule has 23 heavy (non-hydrogen) atoms. The summed E-state index contributed by atoms with van der Waals surface area (Å²) in [6.07, 6.45) is -3.36. The van der Waals surface area contributed by atoms with Gasteiger partial charge in [0.1, 0.15) is 6.61 Å². The number of hydrogen-bond acceptors (Lipinski definition) is 4. The molecule has 0 heterocycles. The van der Waals surface area contributed by atoms with Gasteiger partial charge >= 0.3 is 12.3 Å². The van der Waals surface area contributed by atoms with Crippen LogP contribution >= 0.6 is 0 Å². The Morgan fingerprint density at radius 2 is 2.00 bits per heavy atom. The fourth-order valence-electron chi connectivity index (χ4n) is 1.56. The second kappa shape index (κ2) is 8.57. The highest BCUT2D eigenvalue weighted by Crippen LogP contribution is 2.23. The number of rotatable bonds is 10. The number of alkyl halides is 4. The van der Waals surface area contributed by atoms with Crippen LogP contribution in [0.15, 0.2) is 29.2 Å². The van der Waals surface area contributed by atoms with Crippen molar-refractivity contribution in [2.45, 2.75) is 30.3 Å². The van der Waals surface area contributed by atoms with E-state index in [2.05, 4.69) is 9.46 Å². The van der Waals surface area contributed by atoms with Crippen LogP contribution in [0, 0.1) is 0 Å². The lowest BCUT2D eigenvalue weighted by Crippen LogP contribution is -2.32. The van der Waals surface area contributed by atoms with Crippen LogP contribution in [-0.4, -0.2) is 40.5 Å². The van der Waals surface area contributed by atoms with E-state index in [0.29, 0.717) is 13.0 Å². The Morgan fingerprint density at radius 3 is 2.61 bits per heavy atom. The van der Waals surface area contributed by atoms with E-state index in [1.165, 1.54) is 24.3 Å². The highest BCUT2D eigenvalue weighted by Gasteiger charge is 2.40. The van der Waals surface area contributed by atoms with Crippen LogP contribution in [-0.2, 0) is 21.4 Å². The van der Waals surface area contributed by atoms with E-state index in [4.69, 9.17) is 5.73 Å². The molecule has 0 atom stereocenters. The zero-order valence-corrected chi connectivity index (χ0v) is 13.0. The molecule has 0 bridgehead atoms. The molecule has 132 valence electrons. The maximum atomic E-state index is 12.7. The summed E-state index contributed by atoms with van der Waals surface area (Å²) >= 11 is 0. The van der Waals surface area contributed by atoms with Gasteiger partial charge in [0.15, 0.2) is 0 Å². The van der Waals surface area contributed by atoms with Crippen molar-refractivity contribution in [3.63, 3.8) is 0 Å². The zero-order chi connectivity index (χ0) is 17.5. The van der Waals surface area contributed by atoms with Crippen molar-refractivity contribution in [3.8, 4) is 0 Å². The molecular weight excluding hydrogens is 340 g/mol. The summed E-state index contributed by atoms with van der Waals surface area (Å²) < 4.78 is 80.2. The van der Waals surface area contributed by atoms with Crippen molar-refractivity contribution in [2.75, 3.05) is 19.7 Å². The maximum Gasteiger partial charge on any atom is 0.330 e. The van der Waals surface area contributed by atoms with Crippen LogP contribution < -0.4 is 10.5 Å². The smallest absolute Gasteiger partial charge is 0.330 e. The van der Waals surface area contributed by atoms with Gasteiger partial charge in [0.25, 0.3) is 0 Å². The van der Waals surface area contributed by atoms with Crippen molar-refractivity contribution in [1.82, 2.24) is 4.72 Å². The fourth-order valence-corrected chi connectivity index (χ4v) is 2.71. The van der Waals surface area contributed by atoms with Gasteiger partial charge in [0.05, 0.1) is 11.5 Å². The number of hydrogen-bond donors (Lipinski definition) is 2. The molecule has 0 aromatic heterocycles. The molecule has 0 spiro atoms. The molecule has 5 nitrogen and oxygen atoms in total. The first-order valence-electron chi connectivity index (χ1n) is 6.71. The summed E-state index contributed by atoms with van der Waals surface area (Å²) in [5, 5.41) is 0. The topological polar surface area (TPSA) is 81.4 Å². The number of sulfonamides is 1.